The molecule has 1 aromatic heterocycles. The number of rotatable bonds is 5. The van der Waals surface area contributed by atoms with E-state index in [2.05, 4.69) is 22.9 Å². The summed E-state index contributed by atoms with van der Waals surface area (Å²) in [6, 6.07) is 4.56. The van der Waals surface area contributed by atoms with Crippen LogP contribution in [0.5, 0.6) is 0 Å². The van der Waals surface area contributed by atoms with Crippen molar-refractivity contribution in [2.24, 2.45) is 11.7 Å². The topological polar surface area (TPSA) is 42.2 Å². The Hall–Kier alpha value is -0.640. The average Bonchev–Trinajstić information content (AvgIpc) is 2.86. The largest absolute Gasteiger partial charge is 0.330 e. The lowest BCUT2D eigenvalue weighted by atomic mass is 10.0. The fraction of sp³-hybridized carbons (Fsp3) is 0.643. The third kappa shape index (κ3) is 3.22. The molecule has 0 amide bonds. The fourth-order valence-corrected chi connectivity index (χ4v) is 3.08. The number of nitrogens with zero attached hydrogens (tertiary/aromatic N) is 2. The number of nitrogens with two attached hydrogens (primary N) is 1. The highest BCUT2D eigenvalue weighted by Gasteiger charge is 2.30. The fourth-order valence-electron chi connectivity index (χ4n) is 2.97. The minimum atomic E-state index is 0.558. The lowest BCUT2D eigenvalue weighted by molar-refractivity contribution is 0.162. The Morgan fingerprint density at radius 2 is 2.28 bits per heavy atom. The van der Waals surface area contributed by atoms with Gasteiger partial charge in [-0.15, -0.1) is 0 Å². The van der Waals surface area contributed by atoms with Crippen LogP contribution in [-0.4, -0.2) is 29.0 Å². The lowest BCUT2D eigenvalue weighted by Gasteiger charge is -2.31. The van der Waals surface area contributed by atoms with Gasteiger partial charge in [0, 0.05) is 18.8 Å². The maximum Gasteiger partial charge on any atom is 0.129 e. The molecule has 0 aromatic carbocycles. The predicted molar refractivity (Wildman–Crippen MR) is 75.5 cm³/mol. The number of aromatic nitrogens is 1. The highest BCUT2D eigenvalue weighted by Crippen LogP contribution is 2.30. The van der Waals surface area contributed by atoms with E-state index in [4.69, 9.17) is 17.3 Å². The first kappa shape index (κ1) is 13.8. The molecule has 1 aromatic rings. The first-order valence-electron chi connectivity index (χ1n) is 6.79. The standard InChI is InChI=1S/C14H22ClN3/c1-2-18(13-5-3-4-12(13)8-16)10-11-6-7-14(15)17-9-11/h6-7,9,12-13H,2-5,8,10,16H2,1H3. The second-order valence-corrected chi connectivity index (χ2v) is 5.43. The number of hydrogen-bond acceptors (Lipinski definition) is 3. The van der Waals surface area contributed by atoms with E-state index in [-0.39, 0.29) is 0 Å². The molecular weight excluding hydrogens is 246 g/mol. The summed E-state index contributed by atoms with van der Waals surface area (Å²) in [6.45, 7) is 5.03. The Kier molecular flexibility index (Phi) is 4.98. The van der Waals surface area contributed by atoms with E-state index in [0.29, 0.717) is 17.1 Å². The van der Waals surface area contributed by atoms with Crippen molar-refractivity contribution in [2.75, 3.05) is 13.1 Å². The van der Waals surface area contributed by atoms with Crippen molar-refractivity contribution in [3.05, 3.63) is 29.0 Å². The lowest BCUT2D eigenvalue weighted by Crippen LogP contribution is -2.39. The van der Waals surface area contributed by atoms with Crippen molar-refractivity contribution >= 4 is 11.6 Å². The van der Waals surface area contributed by atoms with Gasteiger partial charge >= 0.3 is 0 Å². The van der Waals surface area contributed by atoms with Crippen LogP contribution >= 0.6 is 11.6 Å². The molecule has 100 valence electrons. The van der Waals surface area contributed by atoms with E-state index >= 15 is 0 Å². The predicted octanol–water partition coefficient (Wildman–Crippen LogP) is 2.68. The molecule has 18 heavy (non-hydrogen) atoms. The molecule has 2 atom stereocenters. The van der Waals surface area contributed by atoms with Crippen molar-refractivity contribution in [3.8, 4) is 0 Å². The third-order valence-electron chi connectivity index (χ3n) is 3.97. The Morgan fingerprint density at radius 3 is 2.89 bits per heavy atom. The van der Waals surface area contributed by atoms with Crippen LogP contribution in [0.1, 0.15) is 31.7 Å². The van der Waals surface area contributed by atoms with Gasteiger partial charge in [0.2, 0.25) is 0 Å². The van der Waals surface area contributed by atoms with E-state index in [0.717, 1.165) is 19.6 Å². The van der Waals surface area contributed by atoms with Gasteiger partial charge in [0.1, 0.15) is 5.15 Å². The van der Waals surface area contributed by atoms with Gasteiger partial charge in [-0.2, -0.15) is 0 Å². The molecule has 0 aliphatic heterocycles. The van der Waals surface area contributed by atoms with Crippen molar-refractivity contribution < 1.29 is 0 Å². The van der Waals surface area contributed by atoms with E-state index < -0.39 is 0 Å². The minimum absolute atomic E-state index is 0.558. The highest BCUT2D eigenvalue weighted by atomic mass is 35.5. The van der Waals surface area contributed by atoms with Crippen LogP contribution in [0.3, 0.4) is 0 Å². The Bertz CT molecular complexity index is 366. The molecule has 2 N–H and O–H groups in total. The summed E-state index contributed by atoms with van der Waals surface area (Å²) in [6.07, 6.45) is 5.73. The quantitative estimate of drug-likeness (QED) is 0.834. The highest BCUT2D eigenvalue weighted by molar-refractivity contribution is 6.29. The smallest absolute Gasteiger partial charge is 0.129 e. The van der Waals surface area contributed by atoms with E-state index in [1.54, 1.807) is 0 Å². The first-order valence-corrected chi connectivity index (χ1v) is 7.17. The molecule has 2 rings (SSSR count). The van der Waals surface area contributed by atoms with E-state index in [1.807, 2.05) is 12.3 Å². The van der Waals surface area contributed by atoms with Gasteiger partial charge in [0.05, 0.1) is 0 Å². The molecule has 2 unspecified atom stereocenters. The van der Waals surface area contributed by atoms with Gasteiger partial charge < -0.3 is 5.73 Å². The third-order valence-corrected chi connectivity index (χ3v) is 4.19. The second-order valence-electron chi connectivity index (χ2n) is 5.05. The molecule has 1 heterocycles. The van der Waals surface area contributed by atoms with Gasteiger partial charge in [-0.25, -0.2) is 4.98 Å². The molecule has 4 heteroatoms. The summed E-state index contributed by atoms with van der Waals surface area (Å²) in [5, 5.41) is 0.558. The first-order chi connectivity index (χ1) is 8.74. The summed E-state index contributed by atoms with van der Waals surface area (Å²) in [5.74, 6) is 0.658. The van der Waals surface area contributed by atoms with Gasteiger partial charge in [0.15, 0.2) is 0 Å². The van der Waals surface area contributed by atoms with E-state index in [1.165, 1.54) is 24.8 Å². The minimum Gasteiger partial charge on any atom is -0.330 e. The van der Waals surface area contributed by atoms with Crippen molar-refractivity contribution in [3.63, 3.8) is 0 Å². The zero-order chi connectivity index (χ0) is 13.0. The van der Waals surface area contributed by atoms with Crippen molar-refractivity contribution in [2.45, 2.75) is 38.8 Å². The molecule has 0 saturated heterocycles. The molecule has 1 aliphatic rings. The molecule has 1 aliphatic carbocycles. The van der Waals surface area contributed by atoms with Crippen molar-refractivity contribution in [1.29, 1.82) is 0 Å². The van der Waals surface area contributed by atoms with Crippen LogP contribution in [0, 0.1) is 5.92 Å². The normalized spacial score (nSPS) is 23.8. The molecule has 1 saturated carbocycles. The van der Waals surface area contributed by atoms with Crippen molar-refractivity contribution in [1.82, 2.24) is 9.88 Å². The summed E-state index contributed by atoms with van der Waals surface area (Å²) in [4.78, 5) is 6.67. The number of hydrogen-bond donors (Lipinski definition) is 1. The maximum atomic E-state index is 5.87. The molecule has 1 fully saturated rings. The zero-order valence-electron chi connectivity index (χ0n) is 11.0. The second kappa shape index (κ2) is 6.50. The van der Waals surface area contributed by atoms with E-state index in [9.17, 15) is 0 Å². The van der Waals surface area contributed by atoms with Gasteiger partial charge in [0.25, 0.3) is 0 Å². The Morgan fingerprint density at radius 1 is 1.44 bits per heavy atom. The monoisotopic (exact) mass is 267 g/mol. The summed E-state index contributed by atoms with van der Waals surface area (Å²) in [7, 11) is 0. The summed E-state index contributed by atoms with van der Waals surface area (Å²) >= 11 is 5.81. The molecular formula is C14H22ClN3. The number of pyridine rings is 1. The molecule has 0 radical (unpaired) electrons. The molecule has 3 nitrogen and oxygen atoms in total. The van der Waals surface area contributed by atoms with Crippen LogP contribution in [0.2, 0.25) is 5.15 Å². The molecule has 0 spiro atoms. The zero-order valence-corrected chi connectivity index (χ0v) is 11.7. The Balaban J connectivity index is 2.02. The average molecular weight is 268 g/mol. The van der Waals surface area contributed by atoms with Gasteiger partial charge in [-0.1, -0.05) is 31.0 Å². The molecule has 0 bridgehead atoms. The summed E-state index contributed by atoms with van der Waals surface area (Å²) < 4.78 is 0. The number of halogens is 1. The van der Waals surface area contributed by atoms with Crippen LogP contribution < -0.4 is 5.73 Å². The maximum absolute atomic E-state index is 5.87. The van der Waals surface area contributed by atoms with Crippen LogP contribution in [0.4, 0.5) is 0 Å². The van der Waals surface area contributed by atoms with Gasteiger partial charge in [-0.05, 0) is 43.5 Å². The SMILES string of the molecule is CCN(Cc1ccc(Cl)nc1)C1CCCC1CN. The Labute approximate surface area is 114 Å². The van der Waals surface area contributed by atoms with Crippen LogP contribution in [0.15, 0.2) is 18.3 Å². The van der Waals surface area contributed by atoms with Crippen LogP contribution in [0.25, 0.3) is 0 Å². The van der Waals surface area contributed by atoms with Crippen LogP contribution in [-0.2, 0) is 6.54 Å². The van der Waals surface area contributed by atoms with Gasteiger partial charge in [-0.3, -0.25) is 4.90 Å². The summed E-state index contributed by atoms with van der Waals surface area (Å²) in [5.41, 5.74) is 7.10.